The summed E-state index contributed by atoms with van der Waals surface area (Å²) >= 11 is 14.5. The zero-order valence-corrected chi connectivity index (χ0v) is 13.3. The molecule has 2 nitrogen and oxygen atoms in total. The number of hydrogen-bond donors (Lipinski definition) is 2. The quantitative estimate of drug-likeness (QED) is 0.481. The summed E-state index contributed by atoms with van der Waals surface area (Å²) < 4.78 is 5.27. The second-order valence-electron chi connectivity index (χ2n) is 4.40. The number of carbonyl (C=O) groups excluding carboxylic acids is 1. The topological polar surface area (TPSA) is 26.3 Å². The lowest BCUT2D eigenvalue weighted by molar-refractivity contribution is -0.144. The number of hydrogen-bond acceptors (Lipinski definition) is 4. The molecule has 0 spiro atoms. The fourth-order valence-corrected chi connectivity index (χ4v) is 2.86. The Morgan fingerprint density at radius 1 is 1.15 bits per heavy atom. The van der Waals surface area contributed by atoms with Gasteiger partial charge in [-0.05, 0) is 29.5 Å². The van der Waals surface area contributed by atoms with Crippen LogP contribution in [0.5, 0.6) is 0 Å². The molecule has 0 radical (unpaired) electrons. The van der Waals surface area contributed by atoms with Crippen LogP contribution in [0.4, 0.5) is 0 Å². The lowest BCUT2D eigenvalue weighted by Crippen LogP contribution is -2.05. The standard InChI is InChI=1S/C15H15ClO2S2/c16-8-2-5-14(17)18-9-10-6-7-13(20)15-11(10)3-1-4-12(15)19/h1,3-4,6-7,19-20H,2,5,8-9H2. The SMILES string of the molecule is O=C(CCCCl)OCc1ccc(S)c2c(S)cccc12. The predicted molar refractivity (Wildman–Crippen MR) is 88.2 cm³/mol. The molecule has 5 heteroatoms. The molecule has 0 aromatic heterocycles. The van der Waals surface area contributed by atoms with Crippen molar-refractivity contribution in [2.45, 2.75) is 29.2 Å². The summed E-state index contributed by atoms with van der Waals surface area (Å²) in [6, 6.07) is 9.65. The maximum atomic E-state index is 11.5. The van der Waals surface area contributed by atoms with Gasteiger partial charge in [0.2, 0.25) is 0 Å². The highest BCUT2D eigenvalue weighted by molar-refractivity contribution is 7.81. The largest absolute Gasteiger partial charge is 0.461 e. The molecule has 106 valence electrons. The molecule has 0 aliphatic carbocycles. The summed E-state index contributed by atoms with van der Waals surface area (Å²) in [5.74, 6) is 0.242. The summed E-state index contributed by atoms with van der Waals surface area (Å²) in [6.07, 6.45) is 0.988. The smallest absolute Gasteiger partial charge is 0.306 e. The summed E-state index contributed by atoms with van der Waals surface area (Å²) in [7, 11) is 0. The molecule has 0 heterocycles. The van der Waals surface area contributed by atoms with Gasteiger partial charge in [0.25, 0.3) is 0 Å². The maximum absolute atomic E-state index is 11.5. The molecule has 0 saturated carbocycles. The van der Waals surface area contributed by atoms with E-state index in [1.165, 1.54) is 0 Å². The Labute approximate surface area is 134 Å². The monoisotopic (exact) mass is 326 g/mol. The van der Waals surface area contributed by atoms with Gasteiger partial charge in [-0.3, -0.25) is 4.79 Å². The van der Waals surface area contributed by atoms with Crippen LogP contribution in [0.3, 0.4) is 0 Å². The van der Waals surface area contributed by atoms with Crippen molar-refractivity contribution in [3.05, 3.63) is 35.9 Å². The Bertz CT molecular complexity index is 620. The van der Waals surface area contributed by atoms with E-state index in [-0.39, 0.29) is 12.6 Å². The van der Waals surface area contributed by atoms with Crippen molar-refractivity contribution in [2.24, 2.45) is 0 Å². The highest BCUT2D eigenvalue weighted by atomic mass is 35.5. The van der Waals surface area contributed by atoms with Crippen LogP contribution < -0.4 is 0 Å². The van der Waals surface area contributed by atoms with Crippen LogP contribution in [0.1, 0.15) is 18.4 Å². The summed E-state index contributed by atoms with van der Waals surface area (Å²) in [6.45, 7) is 0.253. The van der Waals surface area contributed by atoms with Crippen LogP contribution in [-0.2, 0) is 16.1 Å². The number of fused-ring (bicyclic) bond motifs is 1. The van der Waals surface area contributed by atoms with Crippen LogP contribution in [0.2, 0.25) is 0 Å². The van der Waals surface area contributed by atoms with Gasteiger partial charge in [0, 0.05) is 27.5 Å². The summed E-state index contributed by atoms with van der Waals surface area (Å²) in [5, 5.41) is 1.99. The van der Waals surface area contributed by atoms with Crippen LogP contribution in [0.15, 0.2) is 40.1 Å². The lowest BCUT2D eigenvalue weighted by atomic mass is 10.0. The molecule has 2 rings (SSSR count). The van der Waals surface area contributed by atoms with Crippen LogP contribution in [0.25, 0.3) is 10.8 Å². The van der Waals surface area contributed by atoms with Crippen LogP contribution in [-0.4, -0.2) is 11.8 Å². The zero-order chi connectivity index (χ0) is 14.5. The molecule has 0 amide bonds. The molecule has 0 unspecified atom stereocenters. The first-order valence-corrected chi connectivity index (χ1v) is 7.70. The van der Waals surface area contributed by atoms with E-state index in [1.807, 2.05) is 30.3 Å². The Morgan fingerprint density at radius 2 is 1.90 bits per heavy atom. The number of rotatable bonds is 5. The van der Waals surface area contributed by atoms with Crippen molar-refractivity contribution in [1.29, 1.82) is 0 Å². The van der Waals surface area contributed by atoms with Gasteiger partial charge in [0.15, 0.2) is 0 Å². The van der Waals surface area contributed by atoms with Crippen molar-refractivity contribution < 1.29 is 9.53 Å². The second-order valence-corrected chi connectivity index (χ2v) is 5.74. The lowest BCUT2D eigenvalue weighted by Gasteiger charge is -2.11. The van der Waals surface area contributed by atoms with Gasteiger partial charge >= 0.3 is 5.97 Å². The minimum atomic E-state index is -0.226. The summed E-state index contributed by atoms with van der Waals surface area (Å²) in [5.41, 5.74) is 0.952. The number of alkyl halides is 1. The van der Waals surface area contributed by atoms with Crippen molar-refractivity contribution >= 4 is 53.6 Å². The molecule has 0 saturated heterocycles. The first-order valence-electron chi connectivity index (χ1n) is 6.27. The summed E-state index contributed by atoms with van der Waals surface area (Å²) in [4.78, 5) is 13.3. The predicted octanol–water partition coefficient (Wildman–Crippen LogP) is 4.48. The molecule has 0 aliphatic heterocycles. The molecule has 2 aromatic carbocycles. The maximum Gasteiger partial charge on any atom is 0.306 e. The van der Waals surface area contributed by atoms with E-state index in [9.17, 15) is 4.79 Å². The molecular formula is C15H15ClO2S2. The number of carbonyl (C=O) groups is 1. The highest BCUT2D eigenvalue weighted by Crippen LogP contribution is 2.30. The van der Waals surface area contributed by atoms with E-state index in [2.05, 4.69) is 25.3 Å². The van der Waals surface area contributed by atoms with E-state index in [1.54, 1.807) is 0 Å². The van der Waals surface area contributed by atoms with Gasteiger partial charge in [0.05, 0.1) is 0 Å². The molecule has 2 aromatic rings. The highest BCUT2D eigenvalue weighted by Gasteiger charge is 2.09. The number of esters is 1. The fraction of sp³-hybridized carbons (Fsp3) is 0.267. The van der Waals surface area contributed by atoms with Gasteiger partial charge in [0.1, 0.15) is 6.61 Å². The third kappa shape index (κ3) is 3.62. The van der Waals surface area contributed by atoms with E-state index < -0.39 is 0 Å². The average molecular weight is 327 g/mol. The van der Waals surface area contributed by atoms with Crippen LogP contribution in [0, 0.1) is 0 Å². The number of thiol groups is 2. The zero-order valence-electron chi connectivity index (χ0n) is 10.8. The Hall–Kier alpha value is -0.840. The molecule has 0 aliphatic rings. The number of ether oxygens (including phenoxy) is 1. The van der Waals surface area contributed by atoms with E-state index in [4.69, 9.17) is 16.3 Å². The minimum absolute atomic E-state index is 0.226. The molecule has 0 fully saturated rings. The number of benzene rings is 2. The molecule has 20 heavy (non-hydrogen) atoms. The third-order valence-electron chi connectivity index (χ3n) is 2.99. The van der Waals surface area contributed by atoms with Crippen LogP contribution >= 0.6 is 36.9 Å². The molecule has 0 N–H and O–H groups in total. The van der Waals surface area contributed by atoms with Gasteiger partial charge in [-0.25, -0.2) is 0 Å². The number of halogens is 1. The van der Waals surface area contributed by atoms with Crippen molar-refractivity contribution in [1.82, 2.24) is 0 Å². The second kappa shape index (κ2) is 7.25. The molecule has 0 atom stereocenters. The first-order chi connectivity index (χ1) is 9.63. The average Bonchev–Trinajstić information content (AvgIpc) is 2.44. The Morgan fingerprint density at radius 3 is 2.65 bits per heavy atom. The van der Waals surface area contributed by atoms with Crippen molar-refractivity contribution in [3.63, 3.8) is 0 Å². The first kappa shape index (κ1) is 15.5. The van der Waals surface area contributed by atoms with E-state index >= 15 is 0 Å². The van der Waals surface area contributed by atoms with Gasteiger partial charge < -0.3 is 4.74 Å². The van der Waals surface area contributed by atoms with Gasteiger partial charge in [-0.15, -0.1) is 36.9 Å². The van der Waals surface area contributed by atoms with E-state index in [0.717, 1.165) is 26.1 Å². The van der Waals surface area contributed by atoms with Gasteiger partial charge in [-0.1, -0.05) is 18.2 Å². The van der Waals surface area contributed by atoms with Crippen molar-refractivity contribution in [2.75, 3.05) is 5.88 Å². The molecular weight excluding hydrogens is 312 g/mol. The minimum Gasteiger partial charge on any atom is -0.461 e. The molecule has 0 bridgehead atoms. The van der Waals surface area contributed by atoms with Gasteiger partial charge in [-0.2, -0.15) is 0 Å². The Kier molecular flexibility index (Phi) is 5.64. The normalized spacial score (nSPS) is 10.8. The Balaban J connectivity index is 2.21. The van der Waals surface area contributed by atoms with E-state index in [0.29, 0.717) is 18.7 Å². The third-order valence-corrected chi connectivity index (χ3v) is 4.00. The fourth-order valence-electron chi connectivity index (χ4n) is 2.00. The van der Waals surface area contributed by atoms with Crippen molar-refractivity contribution in [3.8, 4) is 0 Å².